The number of rotatable bonds is 3. The molecule has 1 aliphatic rings. The van der Waals surface area contributed by atoms with Gasteiger partial charge in [-0.1, -0.05) is 12.5 Å². The second-order valence-electron chi connectivity index (χ2n) is 4.44. The number of H-pyrrole nitrogens is 1. The van der Waals surface area contributed by atoms with E-state index in [1.54, 1.807) is 12.1 Å². The number of hydrogen-bond donors (Lipinski definition) is 3. The van der Waals surface area contributed by atoms with Crippen LogP contribution in [0.5, 0.6) is 0 Å². The maximum Gasteiger partial charge on any atom is 0.268 e. The molecule has 1 aromatic heterocycles. The number of amides is 1. The Kier molecular flexibility index (Phi) is 3.58. The van der Waals surface area contributed by atoms with Gasteiger partial charge in [0, 0.05) is 12.1 Å². The third-order valence-corrected chi connectivity index (χ3v) is 3.29. The molecule has 1 amide bonds. The molecule has 1 saturated carbocycles. The Morgan fingerprint density at radius 2 is 2.29 bits per heavy atom. The largest absolute Gasteiger partial charge is 0.348 e. The second kappa shape index (κ2) is 5.14. The fraction of sp³-hybridized carbons (Fsp3) is 0.500. The van der Waals surface area contributed by atoms with Crippen LogP contribution in [-0.4, -0.2) is 23.5 Å². The van der Waals surface area contributed by atoms with Gasteiger partial charge in [-0.15, -0.1) is 0 Å². The van der Waals surface area contributed by atoms with Gasteiger partial charge in [-0.05, 0) is 31.4 Å². The van der Waals surface area contributed by atoms with Crippen molar-refractivity contribution in [2.75, 3.05) is 6.54 Å². The van der Waals surface area contributed by atoms with Crippen molar-refractivity contribution in [3.8, 4) is 0 Å². The number of pyridine rings is 1. The standard InChI is InChI=1S/C12H17N3O2/c13-7-8-3-1-4-9(8)15-12(17)10-5-2-6-11(16)14-10/h2,5-6,8-9H,1,3-4,7,13H2,(H,14,16)(H,15,17). The molecule has 0 spiro atoms. The topological polar surface area (TPSA) is 88.0 Å². The van der Waals surface area contributed by atoms with Gasteiger partial charge < -0.3 is 16.0 Å². The molecule has 2 atom stereocenters. The van der Waals surface area contributed by atoms with Gasteiger partial charge in [0.25, 0.3) is 5.91 Å². The van der Waals surface area contributed by atoms with Crippen molar-refractivity contribution in [1.29, 1.82) is 0 Å². The van der Waals surface area contributed by atoms with Crippen molar-refractivity contribution >= 4 is 5.91 Å². The van der Waals surface area contributed by atoms with E-state index in [1.807, 2.05) is 0 Å². The number of carbonyl (C=O) groups excluding carboxylic acids is 1. The summed E-state index contributed by atoms with van der Waals surface area (Å²) in [5.41, 5.74) is 5.69. The molecule has 5 heteroatoms. The predicted molar refractivity (Wildman–Crippen MR) is 64.7 cm³/mol. The Morgan fingerprint density at radius 1 is 1.47 bits per heavy atom. The summed E-state index contributed by atoms with van der Waals surface area (Å²) in [4.78, 5) is 25.5. The van der Waals surface area contributed by atoms with E-state index < -0.39 is 0 Å². The summed E-state index contributed by atoms with van der Waals surface area (Å²) in [7, 11) is 0. The Labute approximate surface area is 99.4 Å². The Hall–Kier alpha value is -1.62. The van der Waals surface area contributed by atoms with Gasteiger partial charge in [0.05, 0.1) is 0 Å². The normalized spacial score (nSPS) is 23.6. The Bertz CT molecular complexity index is 455. The molecule has 0 saturated heterocycles. The summed E-state index contributed by atoms with van der Waals surface area (Å²) in [5.74, 6) is 0.127. The summed E-state index contributed by atoms with van der Waals surface area (Å²) in [6, 6.07) is 4.69. The highest BCUT2D eigenvalue weighted by atomic mass is 16.2. The maximum atomic E-state index is 11.9. The summed E-state index contributed by atoms with van der Waals surface area (Å²) >= 11 is 0. The van der Waals surface area contributed by atoms with E-state index >= 15 is 0 Å². The molecule has 17 heavy (non-hydrogen) atoms. The van der Waals surface area contributed by atoms with E-state index in [-0.39, 0.29) is 17.5 Å². The molecule has 0 radical (unpaired) electrons. The average molecular weight is 235 g/mol. The van der Waals surface area contributed by atoms with Gasteiger partial charge in [-0.2, -0.15) is 0 Å². The lowest BCUT2D eigenvalue weighted by molar-refractivity contribution is 0.0923. The molecule has 4 N–H and O–H groups in total. The van der Waals surface area contributed by atoms with E-state index in [0.29, 0.717) is 18.2 Å². The smallest absolute Gasteiger partial charge is 0.268 e. The van der Waals surface area contributed by atoms with Crippen LogP contribution >= 0.6 is 0 Å². The zero-order valence-electron chi connectivity index (χ0n) is 9.61. The molecule has 1 fully saturated rings. The molecular formula is C12H17N3O2. The van der Waals surface area contributed by atoms with E-state index in [9.17, 15) is 9.59 Å². The molecule has 0 aliphatic heterocycles. The highest BCUT2D eigenvalue weighted by molar-refractivity contribution is 5.92. The molecule has 1 aliphatic carbocycles. The van der Waals surface area contributed by atoms with Gasteiger partial charge in [0.2, 0.25) is 5.56 Å². The van der Waals surface area contributed by atoms with Crippen LogP contribution in [0, 0.1) is 5.92 Å². The summed E-state index contributed by atoms with van der Waals surface area (Å²) < 4.78 is 0. The number of aromatic nitrogens is 1. The van der Waals surface area contributed by atoms with Crippen molar-refractivity contribution in [3.05, 3.63) is 34.2 Å². The van der Waals surface area contributed by atoms with E-state index in [1.165, 1.54) is 6.07 Å². The third-order valence-electron chi connectivity index (χ3n) is 3.29. The SMILES string of the molecule is NCC1CCCC1NC(=O)c1cccc(=O)[nH]1. The molecule has 1 aromatic rings. The molecule has 92 valence electrons. The Morgan fingerprint density at radius 3 is 3.00 bits per heavy atom. The van der Waals surface area contributed by atoms with Gasteiger partial charge in [0.1, 0.15) is 5.69 Å². The van der Waals surface area contributed by atoms with Gasteiger partial charge in [-0.3, -0.25) is 9.59 Å². The number of nitrogens with one attached hydrogen (secondary N) is 2. The zero-order valence-corrected chi connectivity index (χ0v) is 9.61. The minimum atomic E-state index is -0.264. The molecule has 2 rings (SSSR count). The minimum absolute atomic E-state index is 0.135. The first-order valence-corrected chi connectivity index (χ1v) is 5.91. The highest BCUT2D eigenvalue weighted by Gasteiger charge is 2.27. The molecule has 5 nitrogen and oxygen atoms in total. The lowest BCUT2D eigenvalue weighted by Crippen LogP contribution is -2.40. The third kappa shape index (κ3) is 2.74. The average Bonchev–Trinajstić information content (AvgIpc) is 2.76. The predicted octanol–water partition coefficient (Wildman–Crippen LogP) is 0.232. The van der Waals surface area contributed by atoms with Crippen LogP contribution in [0.2, 0.25) is 0 Å². The van der Waals surface area contributed by atoms with Crippen molar-refractivity contribution < 1.29 is 4.79 Å². The van der Waals surface area contributed by atoms with Crippen LogP contribution in [0.1, 0.15) is 29.8 Å². The van der Waals surface area contributed by atoms with Crippen LogP contribution < -0.4 is 16.6 Å². The fourth-order valence-electron chi connectivity index (χ4n) is 2.34. The molecular weight excluding hydrogens is 218 g/mol. The highest BCUT2D eigenvalue weighted by Crippen LogP contribution is 2.24. The van der Waals surface area contributed by atoms with Crippen molar-refractivity contribution in [3.63, 3.8) is 0 Å². The number of carbonyl (C=O) groups is 1. The molecule has 0 aromatic carbocycles. The number of hydrogen-bond acceptors (Lipinski definition) is 3. The minimum Gasteiger partial charge on any atom is -0.348 e. The fourth-order valence-corrected chi connectivity index (χ4v) is 2.34. The van der Waals surface area contributed by atoms with Crippen LogP contribution in [0.4, 0.5) is 0 Å². The van der Waals surface area contributed by atoms with Crippen molar-refractivity contribution in [2.24, 2.45) is 11.7 Å². The lowest BCUT2D eigenvalue weighted by atomic mass is 10.0. The van der Waals surface area contributed by atoms with E-state index in [4.69, 9.17) is 5.73 Å². The van der Waals surface area contributed by atoms with Gasteiger partial charge in [-0.25, -0.2) is 0 Å². The summed E-state index contributed by atoms with van der Waals surface area (Å²) in [6.45, 7) is 0.594. The van der Waals surface area contributed by atoms with Crippen LogP contribution in [0.25, 0.3) is 0 Å². The van der Waals surface area contributed by atoms with Crippen LogP contribution in [0.15, 0.2) is 23.0 Å². The number of aromatic amines is 1. The monoisotopic (exact) mass is 235 g/mol. The first-order chi connectivity index (χ1) is 8.20. The number of nitrogens with two attached hydrogens (primary N) is 1. The first kappa shape index (κ1) is 11.9. The van der Waals surface area contributed by atoms with Crippen LogP contribution in [0.3, 0.4) is 0 Å². The lowest BCUT2D eigenvalue weighted by Gasteiger charge is -2.19. The van der Waals surface area contributed by atoms with Gasteiger partial charge in [0.15, 0.2) is 0 Å². The molecule has 1 heterocycles. The summed E-state index contributed by atoms with van der Waals surface area (Å²) in [5, 5.41) is 2.93. The quantitative estimate of drug-likeness (QED) is 0.701. The second-order valence-corrected chi connectivity index (χ2v) is 4.44. The van der Waals surface area contributed by atoms with E-state index in [2.05, 4.69) is 10.3 Å². The molecule has 0 bridgehead atoms. The van der Waals surface area contributed by atoms with E-state index in [0.717, 1.165) is 19.3 Å². The van der Waals surface area contributed by atoms with Crippen LogP contribution in [-0.2, 0) is 0 Å². The van der Waals surface area contributed by atoms with Crippen molar-refractivity contribution in [1.82, 2.24) is 10.3 Å². The summed E-state index contributed by atoms with van der Waals surface area (Å²) in [6.07, 6.45) is 3.12. The first-order valence-electron chi connectivity index (χ1n) is 5.91. The van der Waals surface area contributed by atoms with Crippen molar-refractivity contribution in [2.45, 2.75) is 25.3 Å². The zero-order chi connectivity index (χ0) is 12.3. The maximum absolute atomic E-state index is 11.9. The van der Waals surface area contributed by atoms with Gasteiger partial charge >= 0.3 is 0 Å². The Balaban J connectivity index is 2.04. The molecule has 2 unspecified atom stereocenters.